The third kappa shape index (κ3) is 6.08. The topological polar surface area (TPSA) is 80.6 Å². The van der Waals surface area contributed by atoms with Crippen molar-refractivity contribution in [3.8, 4) is 0 Å². The Morgan fingerprint density at radius 1 is 1.24 bits per heavy atom. The Bertz CT molecular complexity index is 695. The number of furan rings is 1. The number of nitrogens with one attached hydrogen (secondary N) is 2. The molecule has 6 heteroatoms. The maximum atomic E-state index is 12.2. The second-order valence-electron chi connectivity index (χ2n) is 5.75. The van der Waals surface area contributed by atoms with Crippen molar-refractivity contribution in [1.82, 2.24) is 5.32 Å². The summed E-state index contributed by atoms with van der Waals surface area (Å²) in [7, 11) is 0. The van der Waals surface area contributed by atoms with E-state index in [4.69, 9.17) is 9.15 Å². The Balaban J connectivity index is 1.86. The van der Waals surface area contributed by atoms with Crippen LogP contribution >= 0.6 is 0 Å². The zero-order valence-electron chi connectivity index (χ0n) is 14.6. The highest BCUT2D eigenvalue weighted by molar-refractivity contribution is 5.96. The van der Waals surface area contributed by atoms with E-state index in [1.807, 2.05) is 6.92 Å². The van der Waals surface area contributed by atoms with Crippen molar-refractivity contribution in [2.75, 3.05) is 18.5 Å². The minimum atomic E-state index is -0.200. The molecular formula is C19H24N2O4. The number of unbranched alkanes of at least 4 members (excludes halogenated alkanes) is 1. The van der Waals surface area contributed by atoms with Gasteiger partial charge in [0.2, 0.25) is 5.91 Å². The fourth-order valence-corrected chi connectivity index (χ4v) is 2.23. The Kier molecular flexibility index (Phi) is 7.22. The van der Waals surface area contributed by atoms with Gasteiger partial charge in [0.1, 0.15) is 12.4 Å². The van der Waals surface area contributed by atoms with E-state index in [2.05, 4.69) is 17.6 Å². The van der Waals surface area contributed by atoms with Gasteiger partial charge in [0.05, 0.1) is 12.8 Å². The van der Waals surface area contributed by atoms with E-state index in [1.54, 1.807) is 36.6 Å². The van der Waals surface area contributed by atoms with Crippen LogP contribution in [0.4, 0.5) is 5.69 Å². The van der Waals surface area contributed by atoms with E-state index in [-0.39, 0.29) is 18.4 Å². The molecule has 0 saturated carbocycles. The average molecular weight is 344 g/mol. The van der Waals surface area contributed by atoms with Crippen molar-refractivity contribution >= 4 is 17.5 Å². The van der Waals surface area contributed by atoms with Gasteiger partial charge in [-0.05, 0) is 49.2 Å². The van der Waals surface area contributed by atoms with E-state index in [0.29, 0.717) is 30.2 Å². The summed E-state index contributed by atoms with van der Waals surface area (Å²) < 4.78 is 10.5. The lowest BCUT2D eigenvalue weighted by atomic mass is 10.1. The summed E-state index contributed by atoms with van der Waals surface area (Å²) in [5.74, 6) is 0.298. The van der Waals surface area contributed by atoms with Crippen molar-refractivity contribution in [3.05, 3.63) is 53.5 Å². The number of anilines is 1. The molecule has 2 N–H and O–H groups in total. The standard InChI is InChI=1S/C19H24N2O4/c1-3-4-9-24-13-18(22)21-17-8-7-15(11-14(17)2)19(23)20-12-16-6-5-10-25-16/h5-8,10-11H,3-4,9,12-13H2,1-2H3,(H,20,23)(H,21,22). The first-order valence-electron chi connectivity index (χ1n) is 8.39. The summed E-state index contributed by atoms with van der Waals surface area (Å²) in [6.07, 6.45) is 3.54. The summed E-state index contributed by atoms with van der Waals surface area (Å²) >= 11 is 0. The molecular weight excluding hydrogens is 320 g/mol. The Morgan fingerprint density at radius 2 is 2.08 bits per heavy atom. The van der Waals surface area contributed by atoms with Crippen LogP contribution in [0.1, 0.15) is 41.4 Å². The fraction of sp³-hybridized carbons (Fsp3) is 0.368. The largest absolute Gasteiger partial charge is 0.467 e. The van der Waals surface area contributed by atoms with Gasteiger partial charge in [-0.1, -0.05) is 13.3 Å². The zero-order chi connectivity index (χ0) is 18.1. The van der Waals surface area contributed by atoms with Crippen LogP contribution in [0.25, 0.3) is 0 Å². The van der Waals surface area contributed by atoms with E-state index >= 15 is 0 Å². The molecule has 0 unspecified atom stereocenters. The van der Waals surface area contributed by atoms with Gasteiger partial charge in [0, 0.05) is 17.9 Å². The average Bonchev–Trinajstić information content (AvgIpc) is 3.12. The van der Waals surface area contributed by atoms with Crippen molar-refractivity contribution in [2.24, 2.45) is 0 Å². The molecule has 0 aliphatic carbocycles. The lowest BCUT2D eigenvalue weighted by molar-refractivity contribution is -0.120. The van der Waals surface area contributed by atoms with Gasteiger partial charge < -0.3 is 19.8 Å². The molecule has 0 spiro atoms. The van der Waals surface area contributed by atoms with Crippen LogP contribution in [0.15, 0.2) is 41.0 Å². The van der Waals surface area contributed by atoms with Crippen molar-refractivity contribution in [2.45, 2.75) is 33.2 Å². The Morgan fingerprint density at radius 3 is 2.76 bits per heavy atom. The van der Waals surface area contributed by atoms with Gasteiger partial charge in [0.25, 0.3) is 5.91 Å². The normalized spacial score (nSPS) is 10.5. The quantitative estimate of drug-likeness (QED) is 0.684. The molecule has 0 atom stereocenters. The summed E-state index contributed by atoms with van der Waals surface area (Å²) in [6, 6.07) is 8.71. The molecule has 2 amide bonds. The molecule has 2 rings (SSSR count). The minimum Gasteiger partial charge on any atom is -0.467 e. The summed E-state index contributed by atoms with van der Waals surface area (Å²) in [6.45, 7) is 4.86. The Hall–Kier alpha value is -2.60. The number of amides is 2. The van der Waals surface area contributed by atoms with Crippen LogP contribution < -0.4 is 10.6 Å². The molecule has 1 aromatic carbocycles. The summed E-state index contributed by atoms with van der Waals surface area (Å²) in [4.78, 5) is 24.0. The Labute approximate surface area is 147 Å². The first-order valence-corrected chi connectivity index (χ1v) is 8.39. The highest BCUT2D eigenvalue weighted by atomic mass is 16.5. The number of rotatable bonds is 9. The summed E-state index contributed by atoms with van der Waals surface area (Å²) in [5, 5.41) is 5.59. The van der Waals surface area contributed by atoms with Crippen LogP contribution in [0.2, 0.25) is 0 Å². The SMILES string of the molecule is CCCCOCC(=O)Nc1ccc(C(=O)NCc2ccco2)cc1C. The van der Waals surface area contributed by atoms with E-state index in [9.17, 15) is 9.59 Å². The first-order chi connectivity index (χ1) is 12.1. The second kappa shape index (κ2) is 9.64. The van der Waals surface area contributed by atoms with Crippen LogP contribution in [0.3, 0.4) is 0 Å². The van der Waals surface area contributed by atoms with Crippen molar-refractivity contribution in [3.63, 3.8) is 0 Å². The number of benzene rings is 1. The molecule has 1 aromatic heterocycles. The second-order valence-corrected chi connectivity index (χ2v) is 5.75. The van der Waals surface area contributed by atoms with Gasteiger partial charge in [-0.25, -0.2) is 0 Å². The molecule has 6 nitrogen and oxygen atoms in total. The molecule has 0 saturated heterocycles. The molecule has 0 radical (unpaired) electrons. The number of hydrogen-bond donors (Lipinski definition) is 2. The third-order valence-corrected chi connectivity index (χ3v) is 3.64. The van der Waals surface area contributed by atoms with Crippen LogP contribution in [0.5, 0.6) is 0 Å². The number of hydrogen-bond acceptors (Lipinski definition) is 4. The van der Waals surface area contributed by atoms with E-state index in [0.717, 1.165) is 18.4 Å². The lowest BCUT2D eigenvalue weighted by Crippen LogP contribution is -2.23. The fourth-order valence-electron chi connectivity index (χ4n) is 2.23. The lowest BCUT2D eigenvalue weighted by Gasteiger charge is -2.11. The molecule has 0 fully saturated rings. The van der Waals surface area contributed by atoms with Gasteiger partial charge in [-0.3, -0.25) is 9.59 Å². The number of carbonyl (C=O) groups is 2. The summed E-state index contributed by atoms with van der Waals surface area (Å²) in [5.41, 5.74) is 2.01. The third-order valence-electron chi connectivity index (χ3n) is 3.64. The molecule has 0 bridgehead atoms. The van der Waals surface area contributed by atoms with Crippen LogP contribution in [-0.2, 0) is 16.1 Å². The number of ether oxygens (including phenoxy) is 1. The smallest absolute Gasteiger partial charge is 0.251 e. The van der Waals surface area contributed by atoms with E-state index < -0.39 is 0 Å². The van der Waals surface area contributed by atoms with Crippen molar-refractivity contribution in [1.29, 1.82) is 0 Å². The van der Waals surface area contributed by atoms with E-state index in [1.165, 1.54) is 0 Å². The molecule has 1 heterocycles. The predicted octanol–water partition coefficient (Wildman–Crippen LogP) is 3.27. The molecule has 0 aliphatic heterocycles. The van der Waals surface area contributed by atoms with Gasteiger partial charge >= 0.3 is 0 Å². The number of aryl methyl sites for hydroxylation is 1. The van der Waals surface area contributed by atoms with Crippen LogP contribution in [0, 0.1) is 6.92 Å². The highest BCUT2D eigenvalue weighted by Gasteiger charge is 2.10. The monoisotopic (exact) mass is 344 g/mol. The minimum absolute atomic E-state index is 0.0326. The maximum absolute atomic E-state index is 12.2. The first kappa shape index (κ1) is 18.7. The molecule has 134 valence electrons. The molecule has 2 aromatic rings. The molecule has 0 aliphatic rings. The zero-order valence-corrected chi connectivity index (χ0v) is 14.6. The predicted molar refractivity (Wildman–Crippen MR) is 95.4 cm³/mol. The van der Waals surface area contributed by atoms with Gasteiger partial charge in [-0.15, -0.1) is 0 Å². The van der Waals surface area contributed by atoms with Crippen LogP contribution in [-0.4, -0.2) is 25.0 Å². The molecule has 25 heavy (non-hydrogen) atoms. The number of carbonyl (C=O) groups excluding carboxylic acids is 2. The van der Waals surface area contributed by atoms with Gasteiger partial charge in [0.15, 0.2) is 0 Å². The van der Waals surface area contributed by atoms with Gasteiger partial charge in [-0.2, -0.15) is 0 Å². The van der Waals surface area contributed by atoms with Crippen molar-refractivity contribution < 1.29 is 18.7 Å². The highest BCUT2D eigenvalue weighted by Crippen LogP contribution is 2.16. The maximum Gasteiger partial charge on any atom is 0.251 e.